The normalized spacial score (nSPS) is 17.7. The van der Waals surface area contributed by atoms with Gasteiger partial charge in [-0.2, -0.15) is 0 Å². The maximum absolute atomic E-state index is 12.2. The van der Waals surface area contributed by atoms with Crippen molar-refractivity contribution in [3.05, 3.63) is 29.3 Å². The smallest absolute Gasteiger partial charge is 0.255 e. The Bertz CT molecular complexity index is 481. The number of aromatic hydroxyl groups is 1. The Morgan fingerprint density at radius 2 is 2.05 bits per heavy atom. The van der Waals surface area contributed by atoms with Gasteiger partial charge in [-0.1, -0.05) is 47.3 Å². The minimum atomic E-state index is -0.183. The number of phenols is 1. The lowest BCUT2D eigenvalue weighted by atomic mass is 9.75. The predicted octanol–water partition coefficient (Wildman–Crippen LogP) is 3.78. The average molecular weight is 340 g/mol. The summed E-state index contributed by atoms with van der Waals surface area (Å²) < 4.78 is 0. The highest BCUT2D eigenvalue weighted by Gasteiger charge is 2.31. The lowest BCUT2D eigenvalue weighted by molar-refractivity contribution is 0.0919. The molecule has 1 saturated carbocycles. The lowest BCUT2D eigenvalue weighted by Crippen LogP contribution is -2.40. The first kappa shape index (κ1) is 15.4. The molecule has 1 aliphatic carbocycles. The minimum absolute atomic E-state index is 0.0848. The Balaban J connectivity index is 2.02. The maximum Gasteiger partial charge on any atom is 0.255 e. The zero-order valence-corrected chi connectivity index (χ0v) is 13.5. The summed E-state index contributed by atoms with van der Waals surface area (Å²) in [5.41, 5.74) is 1.27. The highest BCUT2D eigenvalue weighted by molar-refractivity contribution is 9.09. The highest BCUT2D eigenvalue weighted by atomic mass is 79.9. The number of hydrogen-bond donors (Lipinski definition) is 2. The fourth-order valence-corrected chi connectivity index (χ4v) is 3.62. The lowest BCUT2D eigenvalue weighted by Gasteiger charge is -2.35. The number of aryl methyl sites for hydroxylation is 1. The summed E-state index contributed by atoms with van der Waals surface area (Å²) in [7, 11) is 0. The van der Waals surface area contributed by atoms with Crippen LogP contribution in [0.1, 0.15) is 48.0 Å². The van der Waals surface area contributed by atoms with Gasteiger partial charge >= 0.3 is 0 Å². The van der Waals surface area contributed by atoms with Crippen LogP contribution in [0.2, 0.25) is 0 Å². The van der Waals surface area contributed by atoms with Gasteiger partial charge in [0, 0.05) is 11.9 Å². The first-order valence-electron chi connectivity index (χ1n) is 7.21. The summed E-state index contributed by atoms with van der Waals surface area (Å²) in [6.07, 6.45) is 6.06. The second-order valence-electron chi connectivity index (χ2n) is 5.85. The molecule has 3 nitrogen and oxygen atoms in total. The number of para-hydroxylation sites is 1. The van der Waals surface area contributed by atoms with Crippen LogP contribution in [0.3, 0.4) is 0 Å². The number of amides is 1. The summed E-state index contributed by atoms with van der Waals surface area (Å²) in [6, 6.07) is 5.26. The molecular weight excluding hydrogens is 318 g/mol. The fourth-order valence-electron chi connectivity index (χ4n) is 2.86. The van der Waals surface area contributed by atoms with Crippen molar-refractivity contribution < 1.29 is 9.90 Å². The molecule has 1 aliphatic rings. The van der Waals surface area contributed by atoms with E-state index in [2.05, 4.69) is 21.2 Å². The summed E-state index contributed by atoms with van der Waals surface area (Å²) in [5.74, 6) is -0.0985. The molecule has 0 unspecified atom stereocenters. The Kier molecular flexibility index (Phi) is 5.08. The topological polar surface area (TPSA) is 49.3 Å². The summed E-state index contributed by atoms with van der Waals surface area (Å²) in [6.45, 7) is 2.47. The van der Waals surface area contributed by atoms with Gasteiger partial charge in [0.25, 0.3) is 5.91 Å². The van der Waals surface area contributed by atoms with Crippen molar-refractivity contribution >= 4 is 21.8 Å². The van der Waals surface area contributed by atoms with E-state index in [4.69, 9.17) is 0 Å². The third kappa shape index (κ3) is 3.35. The van der Waals surface area contributed by atoms with E-state index in [9.17, 15) is 9.90 Å². The molecule has 0 atom stereocenters. The maximum atomic E-state index is 12.2. The Morgan fingerprint density at radius 3 is 2.70 bits per heavy atom. The third-order valence-corrected chi connectivity index (χ3v) is 5.49. The molecule has 0 bridgehead atoms. The van der Waals surface area contributed by atoms with Crippen molar-refractivity contribution in [1.29, 1.82) is 0 Å². The number of benzene rings is 1. The van der Waals surface area contributed by atoms with Gasteiger partial charge < -0.3 is 10.4 Å². The quantitative estimate of drug-likeness (QED) is 0.820. The number of carbonyl (C=O) groups is 1. The molecule has 2 rings (SSSR count). The third-order valence-electron chi connectivity index (χ3n) is 4.30. The van der Waals surface area contributed by atoms with E-state index in [1.165, 1.54) is 19.3 Å². The zero-order chi connectivity index (χ0) is 14.6. The molecule has 1 amide bonds. The monoisotopic (exact) mass is 339 g/mol. The summed E-state index contributed by atoms with van der Waals surface area (Å²) in [4.78, 5) is 12.2. The molecule has 2 N–H and O–H groups in total. The molecule has 0 radical (unpaired) electrons. The van der Waals surface area contributed by atoms with Crippen molar-refractivity contribution in [2.45, 2.75) is 39.0 Å². The Labute approximate surface area is 128 Å². The van der Waals surface area contributed by atoms with Gasteiger partial charge in [-0.15, -0.1) is 0 Å². The molecule has 0 saturated heterocycles. The van der Waals surface area contributed by atoms with Crippen LogP contribution in [0.5, 0.6) is 5.75 Å². The van der Waals surface area contributed by atoms with Gasteiger partial charge in [0.15, 0.2) is 0 Å². The molecule has 110 valence electrons. The average Bonchev–Trinajstić information content (AvgIpc) is 2.48. The van der Waals surface area contributed by atoms with Crippen LogP contribution in [0.4, 0.5) is 0 Å². The van der Waals surface area contributed by atoms with E-state index in [1.807, 2.05) is 0 Å². The van der Waals surface area contributed by atoms with E-state index in [1.54, 1.807) is 25.1 Å². The molecule has 1 fully saturated rings. The first-order chi connectivity index (χ1) is 9.58. The minimum Gasteiger partial charge on any atom is -0.507 e. The van der Waals surface area contributed by atoms with Crippen LogP contribution in [0, 0.1) is 12.3 Å². The number of phenolic OH excluding ortho intramolecular Hbond substituents is 1. The van der Waals surface area contributed by atoms with Crippen LogP contribution in [-0.2, 0) is 0 Å². The second kappa shape index (κ2) is 6.61. The van der Waals surface area contributed by atoms with Gasteiger partial charge in [-0.05, 0) is 36.8 Å². The fraction of sp³-hybridized carbons (Fsp3) is 0.562. The molecule has 1 aromatic rings. The van der Waals surface area contributed by atoms with Crippen molar-refractivity contribution in [2.24, 2.45) is 5.41 Å². The van der Waals surface area contributed by atoms with Crippen LogP contribution < -0.4 is 5.32 Å². The van der Waals surface area contributed by atoms with Crippen molar-refractivity contribution in [2.75, 3.05) is 11.9 Å². The SMILES string of the molecule is Cc1cccc(C(=O)NCC2(CBr)CCCCC2)c1O. The molecule has 0 heterocycles. The standard InChI is InChI=1S/C16H22BrNO2/c1-12-6-5-7-13(14(12)19)15(20)18-11-16(10-17)8-3-2-4-9-16/h5-7,19H,2-4,8-11H2,1H3,(H,18,20). The molecule has 0 aromatic heterocycles. The number of nitrogens with one attached hydrogen (secondary N) is 1. The first-order valence-corrected chi connectivity index (χ1v) is 8.33. The molecule has 0 aliphatic heterocycles. The van der Waals surface area contributed by atoms with Crippen molar-refractivity contribution in [3.8, 4) is 5.75 Å². The Morgan fingerprint density at radius 1 is 1.35 bits per heavy atom. The molecular formula is C16H22BrNO2. The van der Waals surface area contributed by atoms with Crippen molar-refractivity contribution in [3.63, 3.8) is 0 Å². The molecule has 20 heavy (non-hydrogen) atoms. The number of halogens is 1. The van der Waals surface area contributed by atoms with E-state index < -0.39 is 0 Å². The number of carbonyl (C=O) groups excluding carboxylic acids is 1. The predicted molar refractivity (Wildman–Crippen MR) is 84.5 cm³/mol. The second-order valence-corrected chi connectivity index (χ2v) is 6.41. The zero-order valence-electron chi connectivity index (χ0n) is 11.9. The highest BCUT2D eigenvalue weighted by Crippen LogP contribution is 2.37. The molecule has 1 aromatic carbocycles. The number of alkyl halides is 1. The van der Waals surface area contributed by atoms with Crippen LogP contribution >= 0.6 is 15.9 Å². The largest absolute Gasteiger partial charge is 0.507 e. The van der Waals surface area contributed by atoms with Gasteiger partial charge in [0.2, 0.25) is 0 Å². The van der Waals surface area contributed by atoms with Crippen LogP contribution in [0.15, 0.2) is 18.2 Å². The summed E-state index contributed by atoms with van der Waals surface area (Å²) in [5, 5.41) is 13.9. The van der Waals surface area contributed by atoms with Crippen LogP contribution in [0.25, 0.3) is 0 Å². The summed E-state index contributed by atoms with van der Waals surface area (Å²) >= 11 is 3.60. The molecule has 4 heteroatoms. The van der Waals surface area contributed by atoms with E-state index in [0.29, 0.717) is 12.1 Å². The number of hydrogen-bond acceptors (Lipinski definition) is 2. The van der Waals surface area contributed by atoms with E-state index >= 15 is 0 Å². The van der Waals surface area contributed by atoms with Crippen molar-refractivity contribution in [1.82, 2.24) is 5.32 Å². The van der Waals surface area contributed by atoms with Crippen LogP contribution in [-0.4, -0.2) is 22.9 Å². The Hall–Kier alpha value is -1.03. The van der Waals surface area contributed by atoms with Gasteiger partial charge in [-0.3, -0.25) is 4.79 Å². The van der Waals surface area contributed by atoms with E-state index in [0.717, 1.165) is 23.7 Å². The van der Waals surface area contributed by atoms with Gasteiger partial charge in [0.1, 0.15) is 5.75 Å². The molecule has 0 spiro atoms. The number of rotatable bonds is 4. The van der Waals surface area contributed by atoms with Gasteiger partial charge in [0.05, 0.1) is 5.56 Å². The van der Waals surface area contributed by atoms with Gasteiger partial charge in [-0.25, -0.2) is 0 Å². The van der Waals surface area contributed by atoms with E-state index in [-0.39, 0.29) is 17.1 Å².